The Hall–Kier alpha value is -1.64. The standard InChI is InChI=1S/C19H23NO/c1-13(20)19(2,9-10-21)16-7-8-18-15(12-16)11-14-5-3-4-6-17(14)18/h3-8,12-13,21H,9-11,20H2,1-2H3. The third-order valence-electron chi connectivity index (χ3n) is 5.09. The van der Waals surface area contributed by atoms with Gasteiger partial charge >= 0.3 is 0 Å². The third kappa shape index (κ3) is 2.29. The molecule has 0 amide bonds. The Kier molecular flexibility index (Phi) is 3.60. The van der Waals surface area contributed by atoms with Crippen molar-refractivity contribution in [3.8, 4) is 11.1 Å². The zero-order valence-electron chi connectivity index (χ0n) is 12.8. The lowest BCUT2D eigenvalue weighted by molar-refractivity contribution is 0.229. The molecule has 21 heavy (non-hydrogen) atoms. The van der Waals surface area contributed by atoms with Gasteiger partial charge in [-0.2, -0.15) is 0 Å². The van der Waals surface area contributed by atoms with E-state index in [2.05, 4.69) is 49.4 Å². The Bertz CT molecular complexity index is 662. The number of aliphatic hydroxyl groups excluding tert-OH is 1. The highest BCUT2D eigenvalue weighted by Crippen LogP contribution is 2.40. The minimum atomic E-state index is -0.182. The van der Waals surface area contributed by atoms with Crippen LogP contribution in [0.25, 0.3) is 11.1 Å². The number of aliphatic hydroxyl groups is 1. The van der Waals surface area contributed by atoms with Gasteiger partial charge in [-0.15, -0.1) is 0 Å². The first-order chi connectivity index (χ1) is 10.1. The summed E-state index contributed by atoms with van der Waals surface area (Å²) in [6, 6.07) is 15.3. The van der Waals surface area contributed by atoms with Crippen molar-refractivity contribution in [2.24, 2.45) is 5.73 Å². The molecule has 0 radical (unpaired) electrons. The second-order valence-electron chi connectivity index (χ2n) is 6.39. The summed E-state index contributed by atoms with van der Waals surface area (Å²) in [5, 5.41) is 9.39. The molecule has 0 bridgehead atoms. The van der Waals surface area contributed by atoms with Gasteiger partial charge in [0, 0.05) is 18.1 Å². The molecule has 2 nitrogen and oxygen atoms in total. The van der Waals surface area contributed by atoms with Gasteiger partial charge in [0.05, 0.1) is 0 Å². The number of benzene rings is 2. The highest BCUT2D eigenvalue weighted by Gasteiger charge is 2.31. The van der Waals surface area contributed by atoms with Crippen LogP contribution in [0.5, 0.6) is 0 Å². The second kappa shape index (κ2) is 5.28. The Labute approximate surface area is 126 Å². The molecule has 3 rings (SSSR count). The molecule has 0 aliphatic heterocycles. The summed E-state index contributed by atoms with van der Waals surface area (Å²) in [7, 11) is 0. The van der Waals surface area contributed by atoms with E-state index in [0.717, 1.165) is 6.42 Å². The average Bonchev–Trinajstić information content (AvgIpc) is 2.84. The first-order valence-electron chi connectivity index (χ1n) is 7.64. The highest BCUT2D eigenvalue weighted by molar-refractivity contribution is 5.77. The normalized spacial score (nSPS) is 17.0. The SMILES string of the molecule is CC(N)C(C)(CCO)c1ccc2c(c1)Cc1ccccc1-2. The topological polar surface area (TPSA) is 46.2 Å². The molecule has 2 aromatic rings. The lowest BCUT2D eigenvalue weighted by atomic mass is 9.74. The van der Waals surface area contributed by atoms with Gasteiger partial charge in [0.25, 0.3) is 0 Å². The van der Waals surface area contributed by atoms with Crippen molar-refractivity contribution in [2.75, 3.05) is 6.61 Å². The number of hydrogen-bond acceptors (Lipinski definition) is 2. The summed E-state index contributed by atoms with van der Waals surface area (Å²) in [4.78, 5) is 0. The molecule has 1 aliphatic rings. The van der Waals surface area contributed by atoms with Crippen molar-refractivity contribution in [3.05, 3.63) is 59.2 Å². The van der Waals surface area contributed by atoms with Crippen LogP contribution in [0.2, 0.25) is 0 Å². The van der Waals surface area contributed by atoms with E-state index >= 15 is 0 Å². The van der Waals surface area contributed by atoms with Gasteiger partial charge in [0.2, 0.25) is 0 Å². The van der Waals surface area contributed by atoms with Crippen LogP contribution in [0.4, 0.5) is 0 Å². The molecule has 0 aromatic heterocycles. The van der Waals surface area contributed by atoms with Crippen molar-refractivity contribution < 1.29 is 5.11 Å². The molecule has 0 heterocycles. The van der Waals surface area contributed by atoms with E-state index in [9.17, 15) is 5.11 Å². The van der Waals surface area contributed by atoms with Crippen LogP contribution in [0.15, 0.2) is 42.5 Å². The zero-order chi connectivity index (χ0) is 15.0. The summed E-state index contributed by atoms with van der Waals surface area (Å²) in [6.45, 7) is 4.34. The molecule has 2 heteroatoms. The first kappa shape index (κ1) is 14.3. The van der Waals surface area contributed by atoms with Crippen LogP contribution in [-0.2, 0) is 11.8 Å². The van der Waals surface area contributed by atoms with Crippen LogP contribution < -0.4 is 5.73 Å². The average molecular weight is 281 g/mol. The monoisotopic (exact) mass is 281 g/mol. The van der Waals surface area contributed by atoms with Crippen LogP contribution in [-0.4, -0.2) is 17.8 Å². The van der Waals surface area contributed by atoms with E-state index in [-0.39, 0.29) is 18.1 Å². The molecule has 2 atom stereocenters. The maximum Gasteiger partial charge on any atom is 0.0440 e. The quantitative estimate of drug-likeness (QED) is 0.771. The van der Waals surface area contributed by atoms with Gasteiger partial charge in [0.15, 0.2) is 0 Å². The van der Waals surface area contributed by atoms with Crippen LogP contribution >= 0.6 is 0 Å². The van der Waals surface area contributed by atoms with Gasteiger partial charge in [-0.3, -0.25) is 0 Å². The first-order valence-corrected chi connectivity index (χ1v) is 7.64. The van der Waals surface area contributed by atoms with Gasteiger partial charge in [0.1, 0.15) is 0 Å². The predicted octanol–water partition coefficient (Wildman–Crippen LogP) is 3.25. The van der Waals surface area contributed by atoms with E-state index in [1.807, 2.05) is 6.92 Å². The van der Waals surface area contributed by atoms with Crippen molar-refractivity contribution in [1.29, 1.82) is 0 Å². The maximum atomic E-state index is 9.39. The van der Waals surface area contributed by atoms with Crippen LogP contribution in [0.3, 0.4) is 0 Å². The Morgan fingerprint density at radius 1 is 1.14 bits per heavy atom. The van der Waals surface area contributed by atoms with E-state index < -0.39 is 0 Å². The van der Waals surface area contributed by atoms with Gasteiger partial charge in [-0.05, 0) is 47.6 Å². The lowest BCUT2D eigenvalue weighted by Crippen LogP contribution is -2.41. The fourth-order valence-corrected chi connectivity index (χ4v) is 3.37. The summed E-state index contributed by atoms with van der Waals surface area (Å²) in [5.41, 5.74) is 12.7. The zero-order valence-corrected chi connectivity index (χ0v) is 12.8. The van der Waals surface area contributed by atoms with Crippen molar-refractivity contribution in [2.45, 2.75) is 38.1 Å². The molecular formula is C19H23NO. The molecule has 2 aromatic carbocycles. The molecule has 0 spiro atoms. The largest absolute Gasteiger partial charge is 0.396 e. The molecule has 0 saturated carbocycles. The molecular weight excluding hydrogens is 258 g/mol. The second-order valence-corrected chi connectivity index (χ2v) is 6.39. The fraction of sp³-hybridized carbons (Fsp3) is 0.368. The molecule has 1 aliphatic carbocycles. The Morgan fingerprint density at radius 2 is 1.86 bits per heavy atom. The van der Waals surface area contributed by atoms with E-state index in [4.69, 9.17) is 5.73 Å². The molecule has 2 unspecified atom stereocenters. The lowest BCUT2D eigenvalue weighted by Gasteiger charge is -2.34. The van der Waals surface area contributed by atoms with Gasteiger partial charge in [-0.25, -0.2) is 0 Å². The van der Waals surface area contributed by atoms with Crippen molar-refractivity contribution >= 4 is 0 Å². The summed E-state index contributed by atoms with van der Waals surface area (Å²) in [6.07, 6.45) is 1.68. The Balaban J connectivity index is 2.04. The number of hydrogen-bond donors (Lipinski definition) is 2. The van der Waals surface area contributed by atoms with Gasteiger partial charge in [-0.1, -0.05) is 49.4 Å². The summed E-state index contributed by atoms with van der Waals surface area (Å²) >= 11 is 0. The molecule has 0 saturated heterocycles. The number of fused-ring (bicyclic) bond motifs is 3. The minimum Gasteiger partial charge on any atom is -0.396 e. The smallest absolute Gasteiger partial charge is 0.0440 e. The fourth-order valence-electron chi connectivity index (χ4n) is 3.37. The van der Waals surface area contributed by atoms with E-state index in [1.165, 1.54) is 27.8 Å². The van der Waals surface area contributed by atoms with Gasteiger partial charge < -0.3 is 10.8 Å². The molecule has 0 fully saturated rings. The maximum absolute atomic E-state index is 9.39. The van der Waals surface area contributed by atoms with E-state index in [1.54, 1.807) is 0 Å². The van der Waals surface area contributed by atoms with Crippen LogP contribution in [0.1, 0.15) is 37.0 Å². The van der Waals surface area contributed by atoms with E-state index in [0.29, 0.717) is 6.42 Å². The van der Waals surface area contributed by atoms with Crippen molar-refractivity contribution in [1.82, 2.24) is 0 Å². The number of rotatable bonds is 4. The van der Waals surface area contributed by atoms with Crippen molar-refractivity contribution in [3.63, 3.8) is 0 Å². The predicted molar refractivity (Wildman–Crippen MR) is 87.4 cm³/mol. The highest BCUT2D eigenvalue weighted by atomic mass is 16.3. The minimum absolute atomic E-state index is 0.00600. The number of nitrogens with two attached hydrogens (primary N) is 1. The molecule has 3 N–H and O–H groups in total. The summed E-state index contributed by atoms with van der Waals surface area (Å²) in [5.74, 6) is 0. The summed E-state index contributed by atoms with van der Waals surface area (Å²) < 4.78 is 0. The third-order valence-corrected chi connectivity index (χ3v) is 5.09. The molecule has 110 valence electrons. The van der Waals surface area contributed by atoms with Crippen LogP contribution in [0, 0.1) is 0 Å². The Morgan fingerprint density at radius 3 is 2.57 bits per heavy atom.